The monoisotopic (exact) mass is 399 g/mol. The standard InChI is InChI=1S/C22H25NO6/c1-13-7-14(2)21(15(3)8-13)26-11-20(24)29-16(4)22(25)23-10-17-5-6-18-19(9-17)28-12-27-18/h5-9,16H,10-12H2,1-4H3,(H,23,25)/t16-/m0/s1. The van der Waals surface area contributed by atoms with Gasteiger partial charge in [-0.05, 0) is 56.5 Å². The second-order valence-corrected chi connectivity index (χ2v) is 7.05. The Labute approximate surface area is 169 Å². The molecule has 0 aliphatic carbocycles. The van der Waals surface area contributed by atoms with Crippen molar-refractivity contribution in [3.63, 3.8) is 0 Å². The highest BCUT2D eigenvalue weighted by Gasteiger charge is 2.19. The van der Waals surface area contributed by atoms with E-state index in [1.54, 1.807) is 12.1 Å². The van der Waals surface area contributed by atoms with E-state index in [1.165, 1.54) is 6.92 Å². The van der Waals surface area contributed by atoms with E-state index in [-0.39, 0.29) is 19.9 Å². The largest absolute Gasteiger partial charge is 0.481 e. The number of rotatable bonds is 7. The minimum atomic E-state index is -0.930. The van der Waals surface area contributed by atoms with Crippen LogP contribution < -0.4 is 19.5 Å². The van der Waals surface area contributed by atoms with Gasteiger partial charge in [0.1, 0.15) is 5.75 Å². The molecule has 0 aromatic heterocycles. The molecule has 0 unspecified atom stereocenters. The van der Waals surface area contributed by atoms with E-state index >= 15 is 0 Å². The van der Waals surface area contributed by atoms with E-state index in [2.05, 4.69) is 5.32 Å². The third-order valence-corrected chi connectivity index (χ3v) is 4.52. The van der Waals surface area contributed by atoms with Crippen LogP contribution in [0.1, 0.15) is 29.2 Å². The summed E-state index contributed by atoms with van der Waals surface area (Å²) in [5, 5.41) is 2.74. The second kappa shape index (κ2) is 8.86. The Kier molecular flexibility index (Phi) is 6.26. The predicted molar refractivity (Wildman–Crippen MR) is 106 cm³/mol. The molecule has 1 aliphatic rings. The average molecular weight is 399 g/mol. The summed E-state index contributed by atoms with van der Waals surface area (Å²) in [7, 11) is 0. The molecule has 7 nitrogen and oxygen atoms in total. The molecule has 1 aliphatic heterocycles. The van der Waals surface area contributed by atoms with Crippen LogP contribution in [0.5, 0.6) is 17.2 Å². The van der Waals surface area contributed by atoms with Crippen LogP contribution in [0.15, 0.2) is 30.3 Å². The fourth-order valence-electron chi connectivity index (χ4n) is 3.19. The molecule has 154 valence electrons. The smallest absolute Gasteiger partial charge is 0.344 e. The summed E-state index contributed by atoms with van der Waals surface area (Å²) in [5.41, 5.74) is 3.88. The zero-order chi connectivity index (χ0) is 21.0. The van der Waals surface area contributed by atoms with Crippen LogP contribution in [0.4, 0.5) is 0 Å². The lowest BCUT2D eigenvalue weighted by atomic mass is 10.1. The van der Waals surface area contributed by atoms with E-state index in [4.69, 9.17) is 18.9 Å². The van der Waals surface area contributed by atoms with Crippen LogP contribution in [-0.2, 0) is 20.9 Å². The third kappa shape index (κ3) is 5.19. The number of amides is 1. The number of hydrogen-bond donors (Lipinski definition) is 1. The molecule has 1 atom stereocenters. The Morgan fingerprint density at radius 1 is 1.07 bits per heavy atom. The summed E-state index contributed by atoms with van der Waals surface area (Å²) in [6.07, 6.45) is -0.930. The molecule has 0 spiro atoms. The van der Waals surface area contributed by atoms with E-state index in [0.717, 1.165) is 22.3 Å². The van der Waals surface area contributed by atoms with Crippen LogP contribution in [0, 0.1) is 20.8 Å². The third-order valence-electron chi connectivity index (χ3n) is 4.52. The summed E-state index contributed by atoms with van der Waals surface area (Å²) in [6, 6.07) is 9.41. The first-order valence-electron chi connectivity index (χ1n) is 9.40. The highest BCUT2D eigenvalue weighted by Crippen LogP contribution is 2.32. The number of fused-ring (bicyclic) bond motifs is 1. The van der Waals surface area contributed by atoms with E-state index in [9.17, 15) is 9.59 Å². The lowest BCUT2D eigenvalue weighted by Crippen LogP contribution is -2.36. The molecule has 29 heavy (non-hydrogen) atoms. The summed E-state index contributed by atoms with van der Waals surface area (Å²) >= 11 is 0. The number of hydrogen-bond acceptors (Lipinski definition) is 6. The lowest BCUT2D eigenvalue weighted by Gasteiger charge is -2.16. The summed E-state index contributed by atoms with van der Waals surface area (Å²) in [4.78, 5) is 24.3. The Morgan fingerprint density at radius 3 is 2.48 bits per heavy atom. The number of nitrogens with one attached hydrogen (secondary N) is 1. The van der Waals surface area contributed by atoms with Gasteiger partial charge in [0, 0.05) is 6.54 Å². The molecule has 3 rings (SSSR count). The SMILES string of the molecule is Cc1cc(C)c(OCC(=O)O[C@@H](C)C(=O)NCc2ccc3c(c2)OCO3)c(C)c1. The normalized spacial score (nSPS) is 13.0. The van der Waals surface area contributed by atoms with Gasteiger partial charge in [0.2, 0.25) is 6.79 Å². The molecule has 1 amide bonds. The van der Waals surface area contributed by atoms with Gasteiger partial charge in [-0.3, -0.25) is 4.79 Å². The number of carbonyl (C=O) groups is 2. The van der Waals surface area contributed by atoms with E-state index in [0.29, 0.717) is 17.2 Å². The number of esters is 1. The minimum Gasteiger partial charge on any atom is -0.481 e. The zero-order valence-electron chi connectivity index (χ0n) is 17.0. The fourth-order valence-corrected chi connectivity index (χ4v) is 3.19. The molecule has 0 radical (unpaired) electrons. The molecule has 1 heterocycles. The maximum atomic E-state index is 12.2. The van der Waals surface area contributed by atoms with E-state index < -0.39 is 18.0 Å². The van der Waals surface area contributed by atoms with Gasteiger partial charge in [0.05, 0.1) is 0 Å². The number of benzene rings is 2. The van der Waals surface area contributed by atoms with E-state index in [1.807, 2.05) is 39.0 Å². The molecular weight excluding hydrogens is 374 g/mol. The van der Waals surface area contributed by atoms with Crippen molar-refractivity contribution in [2.75, 3.05) is 13.4 Å². The Balaban J connectivity index is 1.46. The van der Waals surface area contributed by atoms with Crippen LogP contribution in [0.25, 0.3) is 0 Å². The van der Waals surface area contributed by atoms with Crippen molar-refractivity contribution in [2.45, 2.75) is 40.3 Å². The number of carbonyl (C=O) groups excluding carboxylic acids is 2. The number of aryl methyl sites for hydroxylation is 3. The van der Waals surface area contributed by atoms with Gasteiger partial charge in [0.15, 0.2) is 24.2 Å². The van der Waals surface area contributed by atoms with Crippen molar-refractivity contribution in [3.8, 4) is 17.2 Å². The highest BCUT2D eigenvalue weighted by molar-refractivity contribution is 5.83. The van der Waals surface area contributed by atoms with Gasteiger partial charge in [-0.25, -0.2) is 4.79 Å². The Morgan fingerprint density at radius 2 is 1.76 bits per heavy atom. The van der Waals surface area contributed by atoms with Crippen LogP contribution in [0.3, 0.4) is 0 Å². The average Bonchev–Trinajstić information content (AvgIpc) is 3.12. The van der Waals surface area contributed by atoms with Crippen molar-refractivity contribution in [1.29, 1.82) is 0 Å². The maximum absolute atomic E-state index is 12.2. The van der Waals surface area contributed by atoms with Crippen LogP contribution in [-0.4, -0.2) is 31.4 Å². The predicted octanol–water partition coefficient (Wildman–Crippen LogP) is 2.97. The fraction of sp³-hybridized carbons (Fsp3) is 0.364. The maximum Gasteiger partial charge on any atom is 0.344 e. The molecule has 2 aromatic rings. The first kappa shape index (κ1) is 20.5. The first-order chi connectivity index (χ1) is 13.8. The van der Waals surface area contributed by atoms with Crippen LogP contribution >= 0.6 is 0 Å². The van der Waals surface area contributed by atoms with Gasteiger partial charge < -0.3 is 24.3 Å². The second-order valence-electron chi connectivity index (χ2n) is 7.05. The minimum absolute atomic E-state index is 0.196. The molecule has 0 saturated heterocycles. The van der Waals surface area contributed by atoms with Crippen molar-refractivity contribution in [3.05, 3.63) is 52.6 Å². The Hall–Kier alpha value is -3.22. The molecule has 0 saturated carbocycles. The van der Waals surface area contributed by atoms with Crippen molar-refractivity contribution in [1.82, 2.24) is 5.32 Å². The molecule has 2 aromatic carbocycles. The van der Waals surface area contributed by atoms with Gasteiger partial charge in [-0.15, -0.1) is 0 Å². The summed E-state index contributed by atoms with van der Waals surface area (Å²) in [6.45, 7) is 7.60. The zero-order valence-corrected chi connectivity index (χ0v) is 17.0. The van der Waals surface area contributed by atoms with Crippen molar-refractivity contribution in [2.24, 2.45) is 0 Å². The molecular formula is C22H25NO6. The van der Waals surface area contributed by atoms with Gasteiger partial charge >= 0.3 is 5.97 Å². The molecule has 7 heteroatoms. The van der Waals surface area contributed by atoms with Gasteiger partial charge in [0.25, 0.3) is 5.91 Å². The Bertz CT molecular complexity index is 901. The van der Waals surface area contributed by atoms with Gasteiger partial charge in [-0.1, -0.05) is 23.8 Å². The van der Waals surface area contributed by atoms with Gasteiger partial charge in [-0.2, -0.15) is 0 Å². The molecule has 1 N–H and O–H groups in total. The topological polar surface area (TPSA) is 83.1 Å². The molecule has 0 bridgehead atoms. The van der Waals surface area contributed by atoms with Crippen LogP contribution in [0.2, 0.25) is 0 Å². The van der Waals surface area contributed by atoms with Crippen molar-refractivity contribution < 1.29 is 28.5 Å². The quantitative estimate of drug-likeness (QED) is 0.721. The highest BCUT2D eigenvalue weighted by atomic mass is 16.7. The lowest BCUT2D eigenvalue weighted by molar-refractivity contribution is -0.156. The van der Waals surface area contributed by atoms with Crippen molar-refractivity contribution >= 4 is 11.9 Å². The number of ether oxygens (including phenoxy) is 4. The molecule has 0 fully saturated rings. The summed E-state index contributed by atoms with van der Waals surface area (Å²) in [5.74, 6) is 0.998. The first-order valence-corrected chi connectivity index (χ1v) is 9.40. The summed E-state index contributed by atoms with van der Waals surface area (Å²) < 4.78 is 21.4.